The van der Waals surface area contributed by atoms with Gasteiger partial charge < -0.3 is 34.3 Å². The molecule has 0 spiro atoms. The van der Waals surface area contributed by atoms with Crippen molar-refractivity contribution < 1.29 is 56.2 Å². The topological polar surface area (TPSA) is 178 Å². The molecular formula is C47H90O12S. The van der Waals surface area contributed by atoms with Crippen molar-refractivity contribution in [1.29, 1.82) is 0 Å². The molecule has 6 atom stereocenters. The van der Waals surface area contributed by atoms with E-state index in [1.807, 2.05) is 0 Å². The molecule has 356 valence electrons. The van der Waals surface area contributed by atoms with Gasteiger partial charge in [-0.25, -0.2) is 4.18 Å². The number of aliphatic hydroxyl groups is 3. The van der Waals surface area contributed by atoms with Crippen LogP contribution in [0.3, 0.4) is 0 Å². The lowest BCUT2D eigenvalue weighted by Gasteiger charge is -2.41. The Bertz CT molecular complexity index is 1110. The highest BCUT2D eigenvalue weighted by Gasteiger charge is 2.48. The molecule has 6 unspecified atom stereocenters. The van der Waals surface area contributed by atoms with Gasteiger partial charge in [-0.15, -0.1) is 0 Å². The fourth-order valence-electron chi connectivity index (χ4n) is 7.67. The fourth-order valence-corrected chi connectivity index (χ4v) is 8.18. The molecule has 0 aromatic heterocycles. The van der Waals surface area contributed by atoms with Crippen molar-refractivity contribution in [2.24, 2.45) is 0 Å². The monoisotopic (exact) mass is 879 g/mol. The first-order valence-corrected chi connectivity index (χ1v) is 25.8. The van der Waals surface area contributed by atoms with Gasteiger partial charge in [0, 0.05) is 13.0 Å². The van der Waals surface area contributed by atoms with Crippen LogP contribution in [0.1, 0.15) is 219 Å². The Morgan fingerprint density at radius 2 is 1.05 bits per heavy atom. The summed E-state index contributed by atoms with van der Waals surface area (Å²) in [7, 11) is -5.06. The number of unbranched alkanes of at least 4 members (excludes halogenated alkanes) is 28. The van der Waals surface area contributed by atoms with Crippen molar-refractivity contribution in [2.75, 3.05) is 26.4 Å². The van der Waals surface area contributed by atoms with E-state index in [9.17, 15) is 33.1 Å². The first-order valence-electron chi connectivity index (χ1n) is 24.4. The molecule has 1 aliphatic rings. The zero-order valence-corrected chi connectivity index (χ0v) is 38.9. The lowest BCUT2D eigenvalue weighted by Crippen LogP contribution is -2.60. The van der Waals surface area contributed by atoms with E-state index in [2.05, 4.69) is 30.2 Å². The molecule has 0 amide bonds. The van der Waals surface area contributed by atoms with Crippen LogP contribution >= 0.6 is 0 Å². The molecule has 1 saturated heterocycles. The van der Waals surface area contributed by atoms with Crippen molar-refractivity contribution in [3.63, 3.8) is 0 Å². The minimum Gasteiger partial charge on any atom is -0.457 e. The van der Waals surface area contributed by atoms with Gasteiger partial charge in [0.05, 0.1) is 19.8 Å². The molecule has 4 N–H and O–H groups in total. The number of carbonyl (C=O) groups excluding carboxylic acids is 1. The normalized spacial score (nSPS) is 20.3. The van der Waals surface area contributed by atoms with E-state index < -0.39 is 59.8 Å². The van der Waals surface area contributed by atoms with E-state index in [1.54, 1.807) is 0 Å². The third-order valence-corrected chi connectivity index (χ3v) is 11.9. The van der Waals surface area contributed by atoms with Crippen LogP contribution in [0, 0.1) is 0 Å². The largest absolute Gasteiger partial charge is 0.457 e. The van der Waals surface area contributed by atoms with Gasteiger partial charge in [0.1, 0.15) is 30.5 Å². The van der Waals surface area contributed by atoms with E-state index in [1.165, 1.54) is 154 Å². The van der Waals surface area contributed by atoms with E-state index in [4.69, 9.17) is 18.9 Å². The molecule has 13 heteroatoms. The van der Waals surface area contributed by atoms with Gasteiger partial charge in [-0.2, -0.15) is 8.42 Å². The highest BCUT2D eigenvalue weighted by molar-refractivity contribution is 7.80. The van der Waals surface area contributed by atoms with Gasteiger partial charge in [0.25, 0.3) is 0 Å². The van der Waals surface area contributed by atoms with E-state index in [0.717, 1.165) is 38.5 Å². The Labute approximate surface area is 366 Å². The lowest BCUT2D eigenvalue weighted by molar-refractivity contribution is -0.301. The maximum atomic E-state index is 12.9. The maximum absolute atomic E-state index is 12.9. The van der Waals surface area contributed by atoms with Crippen LogP contribution in [0.5, 0.6) is 0 Å². The molecular weight excluding hydrogens is 789 g/mol. The summed E-state index contributed by atoms with van der Waals surface area (Å²) in [4.78, 5) is 12.9. The summed E-state index contributed by atoms with van der Waals surface area (Å²) in [5.41, 5.74) is 0. The summed E-state index contributed by atoms with van der Waals surface area (Å²) in [6, 6.07) is 0. The molecule has 1 heterocycles. The summed E-state index contributed by atoms with van der Waals surface area (Å²) < 4.78 is 59.2. The summed E-state index contributed by atoms with van der Waals surface area (Å²) >= 11 is 0. The minimum absolute atomic E-state index is 0.0395. The van der Waals surface area contributed by atoms with Crippen LogP contribution in [-0.4, -0.2) is 97.5 Å². The molecule has 60 heavy (non-hydrogen) atoms. The first kappa shape index (κ1) is 56.9. The zero-order valence-electron chi connectivity index (χ0n) is 38.0. The number of aliphatic hydroxyl groups excluding tert-OH is 3. The van der Waals surface area contributed by atoms with Crippen LogP contribution in [0.15, 0.2) is 12.2 Å². The Morgan fingerprint density at radius 3 is 1.50 bits per heavy atom. The van der Waals surface area contributed by atoms with Crippen LogP contribution in [-0.2, 0) is 38.3 Å². The number of hydrogen-bond donors (Lipinski definition) is 4. The number of allylic oxidation sites excluding steroid dienone is 2. The standard InChI is InChI=1S/C47H90O12S/c1-3-5-7-9-11-13-15-17-19-20-21-23-25-27-29-31-33-35-37-55-39-41(40-56-47-45(51)46(59-60(52,53)54)44(50)42(38-48)58-47)57-43(49)36-34-32-30-28-26-24-22-18-16-14-12-10-8-6-4-2/h17,19,41-42,44-48,50-51H,3-16,18,20-40H2,1-2H3,(H,52,53,54)/b19-17-. The number of carbonyl (C=O) groups is 1. The number of hydrogen-bond acceptors (Lipinski definition) is 11. The Balaban J connectivity index is 2.38. The van der Waals surface area contributed by atoms with Crippen molar-refractivity contribution >= 4 is 16.4 Å². The van der Waals surface area contributed by atoms with Crippen LogP contribution < -0.4 is 0 Å². The molecule has 0 radical (unpaired) electrons. The van der Waals surface area contributed by atoms with Crippen LogP contribution in [0.25, 0.3) is 0 Å². The van der Waals surface area contributed by atoms with Crippen molar-refractivity contribution in [1.82, 2.24) is 0 Å². The Morgan fingerprint density at radius 1 is 0.617 bits per heavy atom. The second-order valence-corrected chi connectivity index (χ2v) is 18.1. The number of ether oxygens (including phenoxy) is 4. The van der Waals surface area contributed by atoms with E-state index in [-0.39, 0.29) is 19.6 Å². The lowest BCUT2D eigenvalue weighted by atomic mass is 9.99. The average Bonchev–Trinajstić information content (AvgIpc) is 3.22. The van der Waals surface area contributed by atoms with Gasteiger partial charge in [-0.1, -0.05) is 187 Å². The fraction of sp³-hybridized carbons (Fsp3) is 0.936. The summed E-state index contributed by atoms with van der Waals surface area (Å²) in [5.74, 6) is -0.396. The highest BCUT2D eigenvalue weighted by atomic mass is 32.3. The third kappa shape index (κ3) is 32.5. The number of esters is 1. The molecule has 0 saturated carbocycles. The summed E-state index contributed by atoms with van der Waals surface area (Å²) in [6.07, 6.45) is 33.8. The number of rotatable bonds is 43. The summed E-state index contributed by atoms with van der Waals surface area (Å²) in [6.45, 7) is 4.01. The molecule has 12 nitrogen and oxygen atoms in total. The van der Waals surface area contributed by atoms with Crippen molar-refractivity contribution in [2.45, 2.75) is 256 Å². The SMILES string of the molecule is CCCCCCCC/C=C\CCCCCCCCCCOCC(COC1OC(CO)C(O)C(OS(=O)(=O)O)C1O)OC(=O)CCCCCCCCCCCCCCCCC. The molecule has 1 aliphatic heterocycles. The van der Waals surface area contributed by atoms with Gasteiger partial charge >= 0.3 is 16.4 Å². The second kappa shape index (κ2) is 39.4. The predicted molar refractivity (Wildman–Crippen MR) is 239 cm³/mol. The van der Waals surface area contributed by atoms with Crippen LogP contribution in [0.4, 0.5) is 0 Å². The van der Waals surface area contributed by atoms with Gasteiger partial charge in [0.15, 0.2) is 6.29 Å². The smallest absolute Gasteiger partial charge is 0.397 e. The van der Waals surface area contributed by atoms with E-state index in [0.29, 0.717) is 13.0 Å². The predicted octanol–water partition coefficient (Wildman–Crippen LogP) is 10.6. The quantitative estimate of drug-likeness (QED) is 0.0197. The van der Waals surface area contributed by atoms with E-state index >= 15 is 0 Å². The minimum atomic E-state index is -5.06. The zero-order chi connectivity index (χ0) is 43.9. The van der Waals surface area contributed by atoms with Crippen LogP contribution in [0.2, 0.25) is 0 Å². The molecule has 0 aliphatic carbocycles. The highest BCUT2D eigenvalue weighted by Crippen LogP contribution is 2.26. The Kier molecular flexibility index (Phi) is 37.4. The molecule has 1 rings (SSSR count). The maximum Gasteiger partial charge on any atom is 0.397 e. The average molecular weight is 879 g/mol. The van der Waals surface area contributed by atoms with Gasteiger partial charge in [0.2, 0.25) is 0 Å². The van der Waals surface area contributed by atoms with Gasteiger partial charge in [-0.05, 0) is 38.5 Å². The van der Waals surface area contributed by atoms with Crippen molar-refractivity contribution in [3.05, 3.63) is 12.2 Å². The Hall–Kier alpha value is -1.16. The molecule has 1 fully saturated rings. The van der Waals surface area contributed by atoms with Gasteiger partial charge in [-0.3, -0.25) is 9.35 Å². The molecule has 0 aromatic rings. The van der Waals surface area contributed by atoms with Crippen molar-refractivity contribution in [3.8, 4) is 0 Å². The summed E-state index contributed by atoms with van der Waals surface area (Å²) in [5, 5.41) is 30.7. The molecule has 0 bridgehead atoms. The molecule has 0 aromatic carbocycles. The first-order chi connectivity index (χ1) is 29.1. The second-order valence-electron chi connectivity index (χ2n) is 17.1. The third-order valence-electron chi connectivity index (χ3n) is 11.4.